The standard InChI is InChI=1S/C16H10F2N2O3S2/c17-10-5-7-11(8-6-10)25(22,23)20-15(21)14-9-19-16(24-14)12-3-1-2-4-13(12)18/h1-9H,(H,20,21). The van der Waals surface area contributed by atoms with Crippen molar-refractivity contribution in [3.05, 3.63) is 71.2 Å². The van der Waals surface area contributed by atoms with Gasteiger partial charge in [0.1, 0.15) is 21.5 Å². The van der Waals surface area contributed by atoms with Gasteiger partial charge in [0.05, 0.1) is 11.1 Å². The van der Waals surface area contributed by atoms with E-state index in [4.69, 9.17) is 0 Å². The van der Waals surface area contributed by atoms with Crippen LogP contribution in [0, 0.1) is 11.6 Å². The van der Waals surface area contributed by atoms with Gasteiger partial charge in [0.2, 0.25) is 0 Å². The average Bonchev–Trinajstić information content (AvgIpc) is 3.05. The Bertz CT molecular complexity index is 1030. The SMILES string of the molecule is O=C(NS(=O)(=O)c1ccc(F)cc1)c1cnc(-c2ccccc2F)s1. The quantitative estimate of drug-likeness (QED) is 0.754. The Hall–Kier alpha value is -2.65. The molecule has 1 heterocycles. The molecular formula is C16H10F2N2O3S2. The van der Waals surface area contributed by atoms with Gasteiger partial charge in [0.25, 0.3) is 15.9 Å². The fourth-order valence-electron chi connectivity index (χ4n) is 1.98. The summed E-state index contributed by atoms with van der Waals surface area (Å²) in [5, 5.41) is 0.252. The minimum Gasteiger partial charge on any atom is -0.267 e. The Morgan fingerprint density at radius 3 is 2.40 bits per heavy atom. The first-order valence-corrected chi connectivity index (χ1v) is 9.20. The fourth-order valence-corrected chi connectivity index (χ4v) is 3.85. The zero-order valence-electron chi connectivity index (χ0n) is 12.4. The highest BCUT2D eigenvalue weighted by Crippen LogP contribution is 2.27. The van der Waals surface area contributed by atoms with Crippen LogP contribution in [0.4, 0.5) is 8.78 Å². The van der Waals surface area contributed by atoms with Crippen molar-refractivity contribution < 1.29 is 22.0 Å². The lowest BCUT2D eigenvalue weighted by atomic mass is 10.2. The minimum absolute atomic E-state index is 0.00365. The number of hydrogen-bond donors (Lipinski definition) is 1. The predicted octanol–water partition coefficient (Wildman–Crippen LogP) is 3.21. The maximum atomic E-state index is 13.8. The smallest absolute Gasteiger partial charge is 0.267 e. The molecule has 1 aromatic heterocycles. The second-order valence-corrected chi connectivity index (χ2v) is 7.61. The molecule has 1 N–H and O–H groups in total. The summed E-state index contributed by atoms with van der Waals surface area (Å²) in [4.78, 5) is 15.9. The maximum absolute atomic E-state index is 13.8. The summed E-state index contributed by atoms with van der Waals surface area (Å²) in [6, 6.07) is 9.95. The van der Waals surface area contributed by atoms with Crippen LogP contribution in [0.1, 0.15) is 9.67 Å². The molecule has 25 heavy (non-hydrogen) atoms. The third-order valence-corrected chi connectivity index (χ3v) is 5.56. The van der Waals surface area contributed by atoms with Crippen molar-refractivity contribution in [3.8, 4) is 10.6 Å². The molecule has 0 saturated heterocycles. The normalized spacial score (nSPS) is 11.3. The topological polar surface area (TPSA) is 76.1 Å². The predicted molar refractivity (Wildman–Crippen MR) is 88.6 cm³/mol. The Labute approximate surface area is 146 Å². The molecule has 1 amide bonds. The molecule has 0 atom stereocenters. The minimum atomic E-state index is -4.15. The molecule has 0 spiro atoms. The van der Waals surface area contributed by atoms with Crippen LogP contribution in [0.5, 0.6) is 0 Å². The van der Waals surface area contributed by atoms with E-state index in [2.05, 4.69) is 4.98 Å². The number of amides is 1. The molecule has 0 radical (unpaired) electrons. The molecule has 128 valence electrons. The monoisotopic (exact) mass is 380 g/mol. The van der Waals surface area contributed by atoms with Crippen molar-refractivity contribution >= 4 is 27.3 Å². The molecule has 0 aliphatic carbocycles. The van der Waals surface area contributed by atoms with Gasteiger partial charge in [-0.15, -0.1) is 11.3 Å². The van der Waals surface area contributed by atoms with E-state index in [-0.39, 0.29) is 20.3 Å². The van der Waals surface area contributed by atoms with Crippen LogP contribution in [0.15, 0.2) is 59.6 Å². The van der Waals surface area contributed by atoms with Gasteiger partial charge in [0, 0.05) is 5.56 Å². The number of nitrogens with zero attached hydrogens (tertiary/aromatic N) is 1. The van der Waals surface area contributed by atoms with E-state index in [1.807, 2.05) is 4.72 Å². The summed E-state index contributed by atoms with van der Waals surface area (Å²) in [5.74, 6) is -1.99. The second-order valence-electron chi connectivity index (χ2n) is 4.90. The van der Waals surface area contributed by atoms with Crippen LogP contribution >= 0.6 is 11.3 Å². The van der Waals surface area contributed by atoms with Crippen LogP contribution < -0.4 is 4.72 Å². The molecule has 2 aromatic carbocycles. The van der Waals surface area contributed by atoms with Crippen LogP contribution in [0.2, 0.25) is 0 Å². The van der Waals surface area contributed by atoms with Crippen molar-refractivity contribution in [2.45, 2.75) is 4.90 Å². The molecule has 0 saturated carbocycles. The summed E-state index contributed by atoms with van der Waals surface area (Å²) in [5.41, 5.74) is 0.216. The number of aromatic nitrogens is 1. The molecule has 0 aliphatic rings. The van der Waals surface area contributed by atoms with E-state index in [1.165, 1.54) is 24.4 Å². The number of carbonyl (C=O) groups is 1. The van der Waals surface area contributed by atoms with E-state index >= 15 is 0 Å². The summed E-state index contributed by atoms with van der Waals surface area (Å²) in [6.45, 7) is 0. The highest BCUT2D eigenvalue weighted by atomic mass is 32.2. The van der Waals surface area contributed by atoms with Crippen LogP contribution in [0.25, 0.3) is 10.6 Å². The lowest BCUT2D eigenvalue weighted by Crippen LogP contribution is -2.30. The van der Waals surface area contributed by atoms with Crippen LogP contribution in [-0.4, -0.2) is 19.3 Å². The van der Waals surface area contributed by atoms with E-state index in [1.54, 1.807) is 6.07 Å². The van der Waals surface area contributed by atoms with E-state index in [0.717, 1.165) is 35.6 Å². The lowest BCUT2D eigenvalue weighted by molar-refractivity contribution is 0.0985. The lowest BCUT2D eigenvalue weighted by Gasteiger charge is -2.05. The second kappa shape index (κ2) is 6.69. The number of hydrogen-bond acceptors (Lipinski definition) is 5. The maximum Gasteiger partial charge on any atom is 0.276 e. The van der Waals surface area contributed by atoms with Gasteiger partial charge >= 0.3 is 0 Å². The number of thiazole rings is 1. The molecule has 3 rings (SSSR count). The Morgan fingerprint density at radius 1 is 1.04 bits per heavy atom. The van der Waals surface area contributed by atoms with Crippen LogP contribution in [-0.2, 0) is 10.0 Å². The summed E-state index contributed by atoms with van der Waals surface area (Å²) in [6.07, 6.45) is 1.17. The van der Waals surface area contributed by atoms with Gasteiger partial charge in [-0.05, 0) is 36.4 Å². The molecule has 0 unspecified atom stereocenters. The molecule has 0 fully saturated rings. The highest BCUT2D eigenvalue weighted by Gasteiger charge is 2.21. The van der Waals surface area contributed by atoms with Crippen molar-refractivity contribution in [2.75, 3.05) is 0 Å². The zero-order valence-corrected chi connectivity index (χ0v) is 14.1. The third kappa shape index (κ3) is 3.72. The number of nitrogens with one attached hydrogen (secondary N) is 1. The van der Waals surface area contributed by atoms with E-state index in [9.17, 15) is 22.0 Å². The van der Waals surface area contributed by atoms with Gasteiger partial charge in [-0.1, -0.05) is 12.1 Å². The largest absolute Gasteiger partial charge is 0.276 e. The van der Waals surface area contributed by atoms with Crippen molar-refractivity contribution in [1.29, 1.82) is 0 Å². The van der Waals surface area contributed by atoms with E-state index in [0.29, 0.717) is 0 Å². The molecule has 5 nitrogen and oxygen atoms in total. The molecule has 9 heteroatoms. The number of halogens is 2. The zero-order chi connectivity index (χ0) is 18.0. The summed E-state index contributed by atoms with van der Waals surface area (Å²) < 4.78 is 52.8. The summed E-state index contributed by atoms with van der Waals surface area (Å²) >= 11 is 0.859. The first-order chi connectivity index (χ1) is 11.9. The van der Waals surface area contributed by atoms with Gasteiger partial charge in [-0.25, -0.2) is 26.9 Å². The average molecular weight is 380 g/mol. The molecule has 0 bridgehead atoms. The van der Waals surface area contributed by atoms with Crippen LogP contribution in [0.3, 0.4) is 0 Å². The first kappa shape index (κ1) is 17.2. The van der Waals surface area contributed by atoms with E-state index < -0.39 is 27.6 Å². The number of sulfonamides is 1. The Morgan fingerprint density at radius 2 is 1.72 bits per heavy atom. The van der Waals surface area contributed by atoms with Gasteiger partial charge < -0.3 is 0 Å². The van der Waals surface area contributed by atoms with Crippen molar-refractivity contribution in [3.63, 3.8) is 0 Å². The van der Waals surface area contributed by atoms with Gasteiger partial charge in [-0.3, -0.25) is 4.79 Å². The number of benzene rings is 2. The van der Waals surface area contributed by atoms with Gasteiger partial charge in [-0.2, -0.15) is 0 Å². The Balaban J connectivity index is 1.83. The Kier molecular flexibility index (Phi) is 4.60. The van der Waals surface area contributed by atoms with Gasteiger partial charge in [0.15, 0.2) is 0 Å². The van der Waals surface area contributed by atoms with Crippen molar-refractivity contribution in [2.24, 2.45) is 0 Å². The molecule has 3 aromatic rings. The first-order valence-electron chi connectivity index (χ1n) is 6.90. The van der Waals surface area contributed by atoms with Crippen molar-refractivity contribution in [1.82, 2.24) is 9.71 Å². The molecular weight excluding hydrogens is 370 g/mol. The number of rotatable bonds is 4. The number of carbonyl (C=O) groups excluding carboxylic acids is 1. The fraction of sp³-hybridized carbons (Fsp3) is 0. The highest BCUT2D eigenvalue weighted by molar-refractivity contribution is 7.90. The summed E-state index contributed by atoms with van der Waals surface area (Å²) in [7, 11) is -4.15. The third-order valence-electron chi connectivity index (χ3n) is 3.18. The molecule has 0 aliphatic heterocycles.